The van der Waals surface area contributed by atoms with E-state index in [1.54, 1.807) is 4.68 Å². The van der Waals surface area contributed by atoms with E-state index in [1.807, 2.05) is 4.90 Å². The maximum Gasteiger partial charge on any atom is 0.182 e. The first-order chi connectivity index (χ1) is 9.89. The van der Waals surface area contributed by atoms with Crippen molar-refractivity contribution >= 4 is 21.5 Å². The number of ether oxygens (including phenoxy) is 1. The second-order valence-electron chi connectivity index (χ2n) is 5.93. The summed E-state index contributed by atoms with van der Waals surface area (Å²) in [5, 5.41) is 4.54. The first-order valence-corrected chi connectivity index (χ1v) is 9.19. The quantitative estimate of drug-likeness (QED) is 0.879. The van der Waals surface area contributed by atoms with Crippen molar-refractivity contribution in [1.29, 1.82) is 0 Å². The molecule has 0 amide bonds. The van der Waals surface area contributed by atoms with Gasteiger partial charge in [-0.25, -0.2) is 13.1 Å². The summed E-state index contributed by atoms with van der Waals surface area (Å²) in [5.41, 5.74) is 6.13. The highest BCUT2D eigenvalue weighted by molar-refractivity contribution is 7.91. The van der Waals surface area contributed by atoms with Crippen molar-refractivity contribution in [3.63, 3.8) is 0 Å². The van der Waals surface area contributed by atoms with Gasteiger partial charge in [0.05, 0.1) is 19.3 Å². The molecule has 0 aromatic carbocycles. The van der Waals surface area contributed by atoms with Gasteiger partial charge in [0.25, 0.3) is 0 Å². The molecule has 2 heterocycles. The van der Waals surface area contributed by atoms with Crippen LogP contribution in [0.1, 0.15) is 25.8 Å². The molecule has 1 aliphatic carbocycles. The summed E-state index contributed by atoms with van der Waals surface area (Å²) in [5.74, 6) is 1.29. The fraction of sp³-hybridized carbons (Fsp3) is 0.769. The zero-order chi connectivity index (χ0) is 15.2. The molecule has 2 aliphatic rings. The van der Waals surface area contributed by atoms with Gasteiger partial charge in [0, 0.05) is 19.3 Å². The second kappa shape index (κ2) is 5.17. The smallest absolute Gasteiger partial charge is 0.182 e. The minimum Gasteiger partial charge on any atom is -0.383 e. The molecule has 7 nitrogen and oxygen atoms in total. The normalized spacial score (nSPS) is 21.5. The molecule has 0 radical (unpaired) electrons. The van der Waals surface area contributed by atoms with Gasteiger partial charge in [-0.2, -0.15) is 5.10 Å². The Labute approximate surface area is 125 Å². The van der Waals surface area contributed by atoms with Crippen LogP contribution in [0, 0.1) is 5.92 Å². The number of hydrogen-bond acceptors (Lipinski definition) is 6. The van der Waals surface area contributed by atoms with Crippen molar-refractivity contribution in [2.24, 2.45) is 5.92 Å². The van der Waals surface area contributed by atoms with E-state index >= 15 is 0 Å². The fourth-order valence-corrected chi connectivity index (χ4v) is 3.82. The topological polar surface area (TPSA) is 90.5 Å². The Morgan fingerprint density at radius 3 is 2.48 bits per heavy atom. The molecule has 21 heavy (non-hydrogen) atoms. The van der Waals surface area contributed by atoms with Gasteiger partial charge in [-0.3, -0.25) is 0 Å². The van der Waals surface area contributed by atoms with Crippen molar-refractivity contribution in [2.75, 3.05) is 43.2 Å². The minimum absolute atomic E-state index is 0.139. The van der Waals surface area contributed by atoms with Crippen LogP contribution < -0.4 is 10.6 Å². The Hall–Kier alpha value is -1.28. The van der Waals surface area contributed by atoms with E-state index in [9.17, 15) is 8.42 Å². The molecule has 1 unspecified atom stereocenters. The predicted molar refractivity (Wildman–Crippen MR) is 80.2 cm³/mol. The van der Waals surface area contributed by atoms with Crippen LogP contribution in [0.25, 0.3) is 0 Å². The number of nitrogen functional groups attached to an aromatic ring is 1. The molecule has 3 rings (SSSR count). The van der Waals surface area contributed by atoms with Gasteiger partial charge in [-0.05, 0) is 25.7 Å². The minimum atomic E-state index is -3.42. The highest BCUT2D eigenvalue weighted by Crippen LogP contribution is 2.42. The summed E-state index contributed by atoms with van der Waals surface area (Å²) in [7, 11) is -3.42. The van der Waals surface area contributed by atoms with E-state index in [4.69, 9.17) is 10.5 Å². The van der Waals surface area contributed by atoms with Crippen molar-refractivity contribution in [1.82, 2.24) is 9.78 Å². The standard InChI is InChI=1S/C13H22N4O3S/c1-9(10-3-4-10)17-12(14)11(21(2,18)19)13(15-17)16-5-7-20-8-6-16/h9-10H,3-8,14H2,1-2H3. The summed E-state index contributed by atoms with van der Waals surface area (Å²) < 4.78 is 31.3. The maximum atomic E-state index is 12.1. The summed E-state index contributed by atoms with van der Waals surface area (Å²) in [4.78, 5) is 2.11. The lowest BCUT2D eigenvalue weighted by atomic mass is 10.2. The molecule has 1 aliphatic heterocycles. The Bertz CT molecular complexity index is 630. The van der Waals surface area contributed by atoms with Crippen LogP contribution in [0.4, 0.5) is 11.6 Å². The van der Waals surface area contributed by atoms with Gasteiger partial charge in [0.15, 0.2) is 20.6 Å². The first kappa shape index (κ1) is 14.6. The first-order valence-electron chi connectivity index (χ1n) is 7.30. The van der Waals surface area contributed by atoms with Crippen molar-refractivity contribution in [3.05, 3.63) is 0 Å². The number of sulfone groups is 1. The third kappa shape index (κ3) is 2.74. The molecular formula is C13H22N4O3S. The van der Waals surface area contributed by atoms with Crippen LogP contribution in [0.2, 0.25) is 0 Å². The van der Waals surface area contributed by atoms with Crippen LogP contribution in [0.15, 0.2) is 4.90 Å². The molecule has 118 valence electrons. The molecule has 1 atom stereocenters. The van der Waals surface area contributed by atoms with Gasteiger partial charge in [0.2, 0.25) is 0 Å². The lowest BCUT2D eigenvalue weighted by molar-refractivity contribution is 0.122. The zero-order valence-electron chi connectivity index (χ0n) is 12.4. The molecule has 1 saturated heterocycles. The molecule has 0 spiro atoms. The molecule has 0 bridgehead atoms. The van der Waals surface area contributed by atoms with Crippen molar-refractivity contribution in [3.8, 4) is 0 Å². The number of aromatic nitrogens is 2. The van der Waals surface area contributed by atoms with E-state index < -0.39 is 9.84 Å². The SMILES string of the molecule is CC(C1CC1)n1nc(N2CCOCC2)c(S(C)(=O)=O)c1N. The van der Waals surface area contributed by atoms with Crippen LogP contribution in [-0.2, 0) is 14.6 Å². The number of nitrogens with two attached hydrogens (primary N) is 1. The maximum absolute atomic E-state index is 12.1. The van der Waals surface area contributed by atoms with Crippen molar-refractivity contribution < 1.29 is 13.2 Å². The lowest BCUT2D eigenvalue weighted by Crippen LogP contribution is -2.37. The third-order valence-corrected chi connectivity index (χ3v) is 5.39. The fourth-order valence-electron chi connectivity index (χ4n) is 2.85. The monoisotopic (exact) mass is 314 g/mol. The summed E-state index contributed by atoms with van der Waals surface area (Å²) >= 11 is 0. The van der Waals surface area contributed by atoms with Crippen LogP contribution in [0.3, 0.4) is 0 Å². The van der Waals surface area contributed by atoms with Gasteiger partial charge in [0.1, 0.15) is 5.82 Å². The Morgan fingerprint density at radius 1 is 1.33 bits per heavy atom. The number of rotatable bonds is 4. The molecule has 1 aromatic heterocycles. The highest BCUT2D eigenvalue weighted by Gasteiger charge is 2.35. The number of hydrogen-bond donors (Lipinski definition) is 1. The molecule has 1 saturated carbocycles. The molecule has 8 heteroatoms. The zero-order valence-corrected chi connectivity index (χ0v) is 13.3. The van der Waals surface area contributed by atoms with E-state index in [1.165, 1.54) is 6.26 Å². The Balaban J connectivity index is 2.06. The van der Waals surface area contributed by atoms with E-state index in [2.05, 4.69) is 12.0 Å². The Kier molecular flexibility index (Phi) is 3.61. The summed E-state index contributed by atoms with van der Waals surface area (Å²) in [6.45, 7) is 4.48. The largest absolute Gasteiger partial charge is 0.383 e. The number of anilines is 2. The number of nitrogens with zero attached hydrogens (tertiary/aromatic N) is 3. The van der Waals surface area contributed by atoms with E-state index in [0.717, 1.165) is 12.8 Å². The molecule has 1 aromatic rings. The van der Waals surface area contributed by atoms with Crippen LogP contribution in [-0.4, -0.2) is 50.8 Å². The third-order valence-electron chi connectivity index (χ3n) is 4.26. The average molecular weight is 314 g/mol. The number of morpholine rings is 1. The van der Waals surface area contributed by atoms with Crippen LogP contribution >= 0.6 is 0 Å². The predicted octanol–water partition coefficient (Wildman–Crippen LogP) is 0.676. The van der Waals surface area contributed by atoms with Gasteiger partial charge in [-0.1, -0.05) is 0 Å². The Morgan fingerprint density at radius 2 is 1.95 bits per heavy atom. The molecular weight excluding hydrogens is 292 g/mol. The van der Waals surface area contributed by atoms with Gasteiger partial charge >= 0.3 is 0 Å². The molecule has 2 N–H and O–H groups in total. The van der Waals surface area contributed by atoms with Crippen LogP contribution in [0.5, 0.6) is 0 Å². The van der Waals surface area contributed by atoms with Gasteiger partial charge < -0.3 is 15.4 Å². The van der Waals surface area contributed by atoms with Gasteiger partial charge in [-0.15, -0.1) is 0 Å². The highest BCUT2D eigenvalue weighted by atomic mass is 32.2. The molecule has 2 fully saturated rings. The lowest BCUT2D eigenvalue weighted by Gasteiger charge is -2.27. The average Bonchev–Trinajstić information content (AvgIpc) is 3.21. The van der Waals surface area contributed by atoms with E-state index in [0.29, 0.717) is 38.0 Å². The van der Waals surface area contributed by atoms with Crippen molar-refractivity contribution in [2.45, 2.75) is 30.7 Å². The summed E-state index contributed by atoms with van der Waals surface area (Å²) in [6.07, 6.45) is 3.50. The van der Waals surface area contributed by atoms with E-state index in [-0.39, 0.29) is 16.8 Å². The summed E-state index contributed by atoms with van der Waals surface area (Å²) in [6, 6.07) is 0.139. The second-order valence-corrected chi connectivity index (χ2v) is 7.88.